The van der Waals surface area contributed by atoms with Gasteiger partial charge in [0.25, 0.3) is 17.4 Å². The Hall–Kier alpha value is -6.08. The zero-order valence-corrected chi connectivity index (χ0v) is 38.9. The smallest absolute Gasteiger partial charge is 0.312 e. The molecule has 1 amide bonds. The highest BCUT2D eigenvalue weighted by atomic mass is 35.5. The number of aromatic hydroxyl groups is 1. The molecule has 5 bridgehead atoms. The van der Waals surface area contributed by atoms with Gasteiger partial charge in [-0.25, -0.2) is 0 Å². The first-order valence-electron chi connectivity index (χ1n) is 21.5. The number of phenolic OH excluding ortho intramolecular Hbond substituents is 1. The highest BCUT2D eigenvalue weighted by Crippen LogP contribution is 2.49. The number of hydrogen-bond acceptors (Lipinski definition) is 16. The van der Waals surface area contributed by atoms with E-state index in [1.807, 2.05) is 4.90 Å². The molecule has 1 saturated heterocycles. The number of nitro groups is 1. The molecule has 0 radical (unpaired) electrons. The molecule has 4 heterocycles. The van der Waals surface area contributed by atoms with Gasteiger partial charge in [0.15, 0.2) is 0 Å². The van der Waals surface area contributed by atoms with Crippen molar-refractivity contribution in [2.24, 2.45) is 23.7 Å². The fourth-order valence-corrected chi connectivity index (χ4v) is 9.31. The molecule has 19 heteroatoms. The molecule has 0 spiro atoms. The second-order valence-electron chi connectivity index (χ2n) is 17.4. The number of benzene rings is 2. The maximum absolute atomic E-state index is 15.1. The molecule has 5 aliphatic rings. The molecule has 7 rings (SSSR count). The number of aliphatic hydroxyl groups is 2. The molecule has 2 aromatic rings. The average molecular weight is 935 g/mol. The number of amides is 1. The third kappa shape index (κ3) is 9.19. The second kappa shape index (κ2) is 19.4. The molecule has 0 aromatic heterocycles. The van der Waals surface area contributed by atoms with Gasteiger partial charge in [-0.05, 0) is 26.0 Å². The Morgan fingerprint density at radius 2 is 1.59 bits per heavy atom. The highest BCUT2D eigenvalue weighted by molar-refractivity contribution is 6.34. The third-order valence-corrected chi connectivity index (χ3v) is 13.3. The minimum atomic E-state index is -2.14. The van der Waals surface area contributed by atoms with Crippen molar-refractivity contribution >= 4 is 52.2 Å². The highest BCUT2D eigenvalue weighted by Gasteiger charge is 2.53. The zero-order chi connectivity index (χ0) is 48.7. The van der Waals surface area contributed by atoms with E-state index in [-0.39, 0.29) is 65.0 Å². The van der Waals surface area contributed by atoms with Crippen LogP contribution in [0.25, 0.3) is 0 Å². The van der Waals surface area contributed by atoms with E-state index in [9.17, 15) is 44.6 Å². The summed E-state index contributed by atoms with van der Waals surface area (Å²) in [4.78, 5) is 85.0. The maximum atomic E-state index is 15.1. The van der Waals surface area contributed by atoms with Gasteiger partial charge in [-0.15, -0.1) is 0 Å². The van der Waals surface area contributed by atoms with E-state index in [4.69, 9.17) is 30.5 Å². The monoisotopic (exact) mass is 934 g/mol. The standard InChI is InChI=1S/C47H55ClN4O14/c1-22-11-10-12-23(2)46(60)49-36-37(51-18-16-50(17-19-51)31-14-13-29(52(61)62)21-30(31)48)42(58)33-34(41(36)57)40(56)27(6)44-35(33)45(59)47(8,66-44)64-20-15-32(63-9)24(3)43(65-28(7)53)26(5)39(55)25(4)38(22)54/h10-15,20-22,24-26,32,38-39,43,54-56H,16-19H2,1-9H3,(H,49,60). The molecular weight excluding hydrogens is 880 g/mol. The quantitative estimate of drug-likeness (QED) is 0.168. The van der Waals surface area contributed by atoms with Gasteiger partial charge in [0.1, 0.15) is 29.0 Å². The van der Waals surface area contributed by atoms with Crippen LogP contribution in [0.3, 0.4) is 0 Å². The number of carbonyl (C=O) groups is 5. The number of ether oxygens (including phenoxy) is 4. The number of rotatable bonds is 5. The SMILES string of the molecule is COC1C=COC2(C)Oc3c(C)c(O)c4c(c3C2=O)C(=O)C(N2CCN(c3ccc([N+](=O)[O-])cc3Cl)CC2)=C(NC(=O)C(C)=CC=CC(C)C(O)C(C)C(O)C(C)C(OC(C)=O)C1C)C4=O. The lowest BCUT2D eigenvalue weighted by Crippen LogP contribution is -2.50. The summed E-state index contributed by atoms with van der Waals surface area (Å²) in [6.45, 7) is 12.8. The molecule has 4 N–H and O–H groups in total. The molecule has 9 unspecified atom stereocenters. The van der Waals surface area contributed by atoms with E-state index in [0.29, 0.717) is 5.69 Å². The van der Waals surface area contributed by atoms with Gasteiger partial charge in [-0.1, -0.05) is 57.5 Å². The van der Waals surface area contributed by atoms with Crippen LogP contribution >= 0.6 is 11.6 Å². The molecule has 2 aromatic carbocycles. The van der Waals surface area contributed by atoms with Crippen molar-refractivity contribution in [1.29, 1.82) is 0 Å². The number of halogens is 1. The Balaban J connectivity index is 1.46. The normalized spacial score (nSPS) is 28.8. The van der Waals surface area contributed by atoms with Crippen molar-refractivity contribution < 1.29 is 63.2 Å². The third-order valence-electron chi connectivity index (χ3n) is 13.0. The minimum Gasteiger partial charge on any atom is -0.507 e. The summed E-state index contributed by atoms with van der Waals surface area (Å²) < 4.78 is 23.6. The van der Waals surface area contributed by atoms with Crippen molar-refractivity contribution in [3.05, 3.63) is 103 Å². The largest absolute Gasteiger partial charge is 0.507 e. The number of anilines is 1. The molecule has 4 aliphatic heterocycles. The summed E-state index contributed by atoms with van der Waals surface area (Å²) in [5.74, 6) is -9.72. The first-order valence-corrected chi connectivity index (χ1v) is 21.9. The molecule has 1 fully saturated rings. The summed E-state index contributed by atoms with van der Waals surface area (Å²) in [6.07, 6.45) is 3.15. The van der Waals surface area contributed by atoms with Gasteiger partial charge in [0, 0.05) is 94.1 Å². The first-order chi connectivity index (χ1) is 31.0. The van der Waals surface area contributed by atoms with Gasteiger partial charge >= 0.3 is 11.8 Å². The van der Waals surface area contributed by atoms with Crippen LogP contribution < -0.4 is 15.0 Å². The fourth-order valence-electron chi connectivity index (χ4n) is 9.01. The van der Waals surface area contributed by atoms with E-state index in [1.54, 1.807) is 38.7 Å². The van der Waals surface area contributed by atoms with E-state index in [2.05, 4.69) is 5.32 Å². The van der Waals surface area contributed by atoms with Gasteiger partial charge in [0.05, 0.1) is 56.9 Å². The van der Waals surface area contributed by atoms with E-state index >= 15 is 4.79 Å². The van der Waals surface area contributed by atoms with Gasteiger partial charge < -0.3 is 49.4 Å². The van der Waals surface area contributed by atoms with Crippen LogP contribution in [0.5, 0.6) is 11.5 Å². The zero-order valence-electron chi connectivity index (χ0n) is 38.1. The lowest BCUT2D eigenvalue weighted by atomic mass is 9.78. The molecule has 18 nitrogen and oxygen atoms in total. The molecular formula is C47H55ClN4O14. The first kappa shape index (κ1) is 49.4. The molecule has 1 aliphatic carbocycles. The number of nitro benzene ring substituents is 1. The minimum absolute atomic E-state index is 0.0466. The number of aliphatic hydroxyl groups excluding tert-OH is 2. The van der Waals surface area contributed by atoms with Crippen LogP contribution in [0.4, 0.5) is 11.4 Å². The van der Waals surface area contributed by atoms with E-state index in [0.717, 1.165) is 6.26 Å². The summed E-state index contributed by atoms with van der Waals surface area (Å²) in [5.41, 5.74) is -1.63. The number of piperazine rings is 1. The number of carbonyl (C=O) groups excluding carboxylic acids is 5. The van der Waals surface area contributed by atoms with Crippen molar-refractivity contribution in [1.82, 2.24) is 10.2 Å². The van der Waals surface area contributed by atoms with Crippen LogP contribution in [-0.2, 0) is 23.8 Å². The summed E-state index contributed by atoms with van der Waals surface area (Å²) in [6, 6.07) is 4.07. The summed E-state index contributed by atoms with van der Waals surface area (Å²) in [5, 5.41) is 48.7. The van der Waals surface area contributed by atoms with Gasteiger partial charge in [0.2, 0.25) is 11.6 Å². The Bertz CT molecular complexity index is 2470. The number of esters is 1. The number of nitrogens with one attached hydrogen (secondary N) is 1. The van der Waals surface area contributed by atoms with Crippen molar-refractivity contribution in [3.8, 4) is 11.5 Å². The number of phenols is 1. The maximum Gasteiger partial charge on any atom is 0.312 e. The Morgan fingerprint density at radius 3 is 2.20 bits per heavy atom. The number of ketones is 3. The van der Waals surface area contributed by atoms with Crippen molar-refractivity contribution in [2.75, 3.05) is 38.2 Å². The van der Waals surface area contributed by atoms with Gasteiger partial charge in [-0.2, -0.15) is 0 Å². The van der Waals surface area contributed by atoms with Crippen molar-refractivity contribution in [3.63, 3.8) is 0 Å². The van der Waals surface area contributed by atoms with Crippen molar-refractivity contribution in [2.45, 2.75) is 85.6 Å². The number of fused-ring (bicyclic) bond motifs is 14. The fraction of sp³-hybridized carbons (Fsp3) is 0.468. The lowest BCUT2D eigenvalue weighted by Gasteiger charge is -2.40. The predicted octanol–water partition coefficient (Wildman–Crippen LogP) is 5.34. The number of allylic oxidation sites excluding steroid dienone is 4. The molecule has 0 saturated carbocycles. The van der Waals surface area contributed by atoms with E-state index < -0.39 is 111 Å². The lowest BCUT2D eigenvalue weighted by molar-refractivity contribution is -0.384. The molecule has 354 valence electrons. The Kier molecular flexibility index (Phi) is 14.5. The molecule has 66 heavy (non-hydrogen) atoms. The Labute approximate surface area is 386 Å². The number of non-ortho nitro benzene ring substituents is 1. The van der Waals surface area contributed by atoms with Crippen LogP contribution in [0.1, 0.15) is 85.1 Å². The number of Topliss-reactive ketones (excluding diaryl/α,β-unsaturated/α-hetero) is 3. The van der Waals surface area contributed by atoms with Crippen LogP contribution in [0.2, 0.25) is 5.02 Å². The Morgan fingerprint density at radius 1 is 0.939 bits per heavy atom. The van der Waals surface area contributed by atoms with Gasteiger partial charge in [-0.3, -0.25) is 34.1 Å². The molecule has 9 atom stereocenters. The van der Waals surface area contributed by atoms with E-state index in [1.165, 1.54) is 71.2 Å². The predicted molar refractivity (Wildman–Crippen MR) is 240 cm³/mol. The van der Waals surface area contributed by atoms with Crippen LogP contribution in [-0.4, -0.2) is 118 Å². The topological polar surface area (TPSA) is 245 Å². The van der Waals surface area contributed by atoms with Crippen LogP contribution in [0.15, 0.2) is 65.7 Å². The average Bonchev–Trinajstić information content (AvgIpc) is 3.54. The summed E-state index contributed by atoms with van der Waals surface area (Å²) in [7, 11) is 1.41. The number of methoxy groups -OCH3 is 1. The van der Waals surface area contributed by atoms with Crippen LogP contribution in [0, 0.1) is 40.7 Å². The number of hydrogen-bond donors (Lipinski definition) is 4. The summed E-state index contributed by atoms with van der Waals surface area (Å²) >= 11 is 6.46. The number of nitrogens with zero attached hydrogens (tertiary/aromatic N) is 3. The second-order valence-corrected chi connectivity index (χ2v) is 17.8.